The van der Waals surface area contributed by atoms with Gasteiger partial charge in [-0.2, -0.15) is 0 Å². The van der Waals surface area contributed by atoms with Crippen molar-refractivity contribution in [1.82, 2.24) is 4.90 Å². The van der Waals surface area contributed by atoms with E-state index < -0.39 is 9.84 Å². The Balaban J connectivity index is 2.46. The molecule has 0 N–H and O–H groups in total. The van der Waals surface area contributed by atoms with E-state index in [1.54, 1.807) is 6.54 Å². The van der Waals surface area contributed by atoms with Crippen molar-refractivity contribution in [1.29, 1.82) is 0 Å². The maximum Gasteiger partial charge on any atom is 0.153 e. The molecule has 1 aliphatic rings. The topological polar surface area (TPSA) is 37.4 Å². The van der Waals surface area contributed by atoms with E-state index in [-0.39, 0.29) is 5.75 Å². The van der Waals surface area contributed by atoms with Crippen molar-refractivity contribution in [2.45, 2.75) is 6.92 Å². The highest BCUT2D eigenvalue weighted by Gasteiger charge is 2.20. The molecule has 1 radical (unpaired) electrons. The van der Waals surface area contributed by atoms with Gasteiger partial charge in [-0.3, -0.25) is 4.90 Å². The molecule has 4 heteroatoms. The Morgan fingerprint density at radius 2 is 2.30 bits per heavy atom. The summed E-state index contributed by atoms with van der Waals surface area (Å²) in [6, 6.07) is 0. The number of nitrogens with zero attached hydrogens (tertiary/aromatic N) is 1. The molecule has 1 rings (SSSR count). The fraction of sp³-hybridized carbons (Fsp3) is 0.833. The highest BCUT2D eigenvalue weighted by molar-refractivity contribution is 7.91. The summed E-state index contributed by atoms with van der Waals surface area (Å²) >= 11 is 0. The van der Waals surface area contributed by atoms with E-state index in [0.29, 0.717) is 12.3 Å². The Hall–Kier alpha value is -0.0900. The van der Waals surface area contributed by atoms with Gasteiger partial charge in [-0.25, -0.2) is 8.42 Å². The third-order valence-corrected chi connectivity index (χ3v) is 3.14. The molecule has 10 heavy (non-hydrogen) atoms. The summed E-state index contributed by atoms with van der Waals surface area (Å²) in [6.07, 6.45) is 0. The van der Waals surface area contributed by atoms with Gasteiger partial charge in [-0.05, 0) is 6.54 Å². The zero-order chi connectivity index (χ0) is 7.61. The van der Waals surface area contributed by atoms with Crippen LogP contribution in [0.2, 0.25) is 0 Å². The van der Waals surface area contributed by atoms with Crippen LogP contribution in [0.4, 0.5) is 0 Å². The second-order valence-electron chi connectivity index (χ2n) is 2.43. The summed E-state index contributed by atoms with van der Waals surface area (Å²) in [5.41, 5.74) is 0. The molecule has 0 aromatic carbocycles. The molecular formula is C6H12NO2S. The maximum absolute atomic E-state index is 10.9. The van der Waals surface area contributed by atoms with Gasteiger partial charge in [0.1, 0.15) is 0 Å². The van der Waals surface area contributed by atoms with Crippen LogP contribution in [-0.4, -0.2) is 37.9 Å². The molecule has 1 fully saturated rings. The average Bonchev–Trinajstić information content (AvgIpc) is 1.88. The molecule has 0 bridgehead atoms. The Morgan fingerprint density at radius 1 is 1.60 bits per heavy atom. The normalized spacial score (nSPS) is 26.5. The lowest BCUT2D eigenvalue weighted by Gasteiger charge is -2.23. The van der Waals surface area contributed by atoms with Crippen molar-refractivity contribution in [2.24, 2.45) is 0 Å². The van der Waals surface area contributed by atoms with Gasteiger partial charge in [0.05, 0.1) is 11.5 Å². The van der Waals surface area contributed by atoms with Crippen LogP contribution in [0, 0.1) is 6.54 Å². The molecule has 1 saturated heterocycles. The zero-order valence-corrected chi connectivity index (χ0v) is 6.89. The van der Waals surface area contributed by atoms with Gasteiger partial charge in [0.15, 0.2) is 9.84 Å². The van der Waals surface area contributed by atoms with Crippen LogP contribution < -0.4 is 0 Å². The second-order valence-corrected chi connectivity index (χ2v) is 4.65. The third kappa shape index (κ3) is 1.95. The van der Waals surface area contributed by atoms with Gasteiger partial charge in [0, 0.05) is 13.1 Å². The quantitative estimate of drug-likeness (QED) is 0.540. The molecule has 0 aromatic rings. The lowest BCUT2D eigenvalue weighted by molar-refractivity contribution is 0.365. The molecule has 0 unspecified atom stereocenters. The molecule has 0 spiro atoms. The van der Waals surface area contributed by atoms with Gasteiger partial charge in [0.25, 0.3) is 0 Å². The average molecular weight is 162 g/mol. The minimum absolute atomic E-state index is 0.223. The molecule has 59 valence electrons. The standard InChI is InChI=1S/C6H12NO2S/c1-2-7-3-5-10(8,9)6-4-7/h3H,2,4-6H2,1H3. The molecule has 0 aromatic heterocycles. The van der Waals surface area contributed by atoms with Crippen molar-refractivity contribution in [3.8, 4) is 0 Å². The molecule has 1 heterocycles. The molecule has 0 amide bonds. The van der Waals surface area contributed by atoms with Crippen LogP contribution in [0.5, 0.6) is 0 Å². The highest BCUT2D eigenvalue weighted by Crippen LogP contribution is 2.05. The number of sulfone groups is 1. The van der Waals surface area contributed by atoms with Crippen molar-refractivity contribution >= 4 is 9.84 Å². The summed E-state index contributed by atoms with van der Waals surface area (Å²) in [5.74, 6) is 0.540. The van der Waals surface area contributed by atoms with Gasteiger partial charge in [0.2, 0.25) is 0 Å². The number of hydrogen-bond acceptors (Lipinski definition) is 3. The molecule has 1 aliphatic heterocycles. The van der Waals surface area contributed by atoms with E-state index in [2.05, 4.69) is 0 Å². The molecular weight excluding hydrogens is 150 g/mol. The smallest absolute Gasteiger partial charge is 0.153 e. The molecule has 0 atom stereocenters. The van der Waals surface area contributed by atoms with Crippen molar-refractivity contribution in [3.63, 3.8) is 0 Å². The van der Waals surface area contributed by atoms with E-state index in [9.17, 15) is 8.42 Å². The molecule has 0 aliphatic carbocycles. The van der Waals surface area contributed by atoms with Crippen LogP contribution in [0.3, 0.4) is 0 Å². The summed E-state index contributed by atoms with van der Waals surface area (Å²) in [4.78, 5) is 2.03. The summed E-state index contributed by atoms with van der Waals surface area (Å²) in [6.45, 7) is 5.36. The highest BCUT2D eigenvalue weighted by atomic mass is 32.2. The van der Waals surface area contributed by atoms with Gasteiger partial charge in [-0.15, -0.1) is 0 Å². The Bertz CT molecular complexity index is 184. The van der Waals surface area contributed by atoms with Crippen LogP contribution in [-0.2, 0) is 9.84 Å². The predicted molar refractivity (Wildman–Crippen MR) is 40.2 cm³/mol. The van der Waals surface area contributed by atoms with Crippen LogP contribution in [0.1, 0.15) is 6.92 Å². The first kappa shape index (κ1) is 8.01. The third-order valence-electron chi connectivity index (χ3n) is 1.68. The van der Waals surface area contributed by atoms with Crippen LogP contribution in [0.25, 0.3) is 0 Å². The van der Waals surface area contributed by atoms with E-state index in [0.717, 1.165) is 6.54 Å². The fourth-order valence-corrected chi connectivity index (χ4v) is 2.05. The van der Waals surface area contributed by atoms with Gasteiger partial charge in [-0.1, -0.05) is 6.92 Å². The number of rotatable bonds is 1. The van der Waals surface area contributed by atoms with E-state index in [4.69, 9.17) is 0 Å². The van der Waals surface area contributed by atoms with E-state index in [1.807, 2.05) is 11.8 Å². The van der Waals surface area contributed by atoms with E-state index in [1.165, 1.54) is 0 Å². The largest absolute Gasteiger partial charge is 0.297 e. The molecule has 0 saturated carbocycles. The number of hydrogen-bond donors (Lipinski definition) is 0. The SMILES string of the molecule is CCN1[CH]CS(=O)(=O)CC1. The van der Waals surface area contributed by atoms with E-state index >= 15 is 0 Å². The Labute approximate surface area is 61.9 Å². The summed E-state index contributed by atoms with van der Waals surface area (Å²) < 4.78 is 21.7. The zero-order valence-electron chi connectivity index (χ0n) is 6.08. The first-order chi connectivity index (χ1) is 4.64. The first-order valence-electron chi connectivity index (χ1n) is 3.42. The lowest BCUT2D eigenvalue weighted by Crippen LogP contribution is -2.36. The van der Waals surface area contributed by atoms with Gasteiger partial charge >= 0.3 is 0 Å². The minimum Gasteiger partial charge on any atom is -0.297 e. The summed E-state index contributed by atoms with van der Waals surface area (Å²) in [7, 11) is -2.72. The predicted octanol–water partition coefficient (Wildman–Crippen LogP) is -0.102. The summed E-state index contributed by atoms with van der Waals surface area (Å²) in [5, 5.41) is 0. The van der Waals surface area contributed by atoms with Crippen molar-refractivity contribution < 1.29 is 8.42 Å². The maximum atomic E-state index is 10.9. The van der Waals surface area contributed by atoms with Crippen molar-refractivity contribution in [2.75, 3.05) is 24.6 Å². The monoisotopic (exact) mass is 162 g/mol. The minimum atomic E-state index is -2.72. The Kier molecular flexibility index (Phi) is 2.31. The molecule has 3 nitrogen and oxygen atoms in total. The van der Waals surface area contributed by atoms with Crippen LogP contribution in [0.15, 0.2) is 0 Å². The van der Waals surface area contributed by atoms with Gasteiger partial charge < -0.3 is 0 Å². The Morgan fingerprint density at radius 3 is 2.70 bits per heavy atom. The lowest BCUT2D eigenvalue weighted by atomic mass is 10.5. The van der Waals surface area contributed by atoms with Crippen LogP contribution >= 0.6 is 0 Å². The van der Waals surface area contributed by atoms with Crippen molar-refractivity contribution in [3.05, 3.63) is 6.54 Å². The fourth-order valence-electron chi connectivity index (χ4n) is 0.937. The first-order valence-corrected chi connectivity index (χ1v) is 5.24. The second kappa shape index (κ2) is 2.88.